The second-order valence-corrected chi connectivity index (χ2v) is 5.59. The van der Waals surface area contributed by atoms with E-state index in [0.29, 0.717) is 0 Å². The fraction of sp³-hybridized carbons (Fsp3) is 0.0769. The summed E-state index contributed by atoms with van der Waals surface area (Å²) in [6.45, 7) is 0. The molecular weight excluding hydrogens is 408 g/mol. The van der Waals surface area contributed by atoms with Crippen LogP contribution in [0.15, 0.2) is 45.3 Å². The van der Waals surface area contributed by atoms with Crippen molar-refractivity contribution < 1.29 is 22.3 Å². The first-order valence-corrected chi connectivity index (χ1v) is 6.85. The first-order chi connectivity index (χ1) is 9.27. The van der Waals surface area contributed by atoms with Crippen LogP contribution in [0.25, 0.3) is 0 Å². The van der Waals surface area contributed by atoms with Crippen molar-refractivity contribution >= 4 is 31.9 Å². The van der Waals surface area contributed by atoms with Crippen LogP contribution in [0.4, 0.5) is 17.6 Å². The third kappa shape index (κ3) is 3.52. The summed E-state index contributed by atoms with van der Waals surface area (Å²) >= 11 is 5.93. The lowest BCUT2D eigenvalue weighted by molar-refractivity contribution is -0.138. The second kappa shape index (κ2) is 5.73. The zero-order valence-corrected chi connectivity index (χ0v) is 12.8. The molecule has 0 N–H and O–H groups in total. The summed E-state index contributed by atoms with van der Waals surface area (Å²) in [5, 5.41) is 0. The summed E-state index contributed by atoms with van der Waals surface area (Å²) in [6.07, 6.45) is -4.56. The van der Waals surface area contributed by atoms with Crippen LogP contribution in [0.5, 0.6) is 11.5 Å². The zero-order valence-electron chi connectivity index (χ0n) is 9.64. The van der Waals surface area contributed by atoms with Gasteiger partial charge in [0.2, 0.25) is 0 Å². The summed E-state index contributed by atoms with van der Waals surface area (Å²) in [5.41, 5.74) is -0.935. The van der Waals surface area contributed by atoms with Gasteiger partial charge in [-0.2, -0.15) is 13.2 Å². The molecule has 0 aliphatic heterocycles. The third-order valence-corrected chi connectivity index (χ3v) is 3.50. The maximum atomic E-state index is 13.3. The van der Waals surface area contributed by atoms with Gasteiger partial charge in [-0.3, -0.25) is 0 Å². The van der Waals surface area contributed by atoms with Crippen LogP contribution in [-0.2, 0) is 6.18 Å². The summed E-state index contributed by atoms with van der Waals surface area (Å²) in [5.74, 6) is -1.02. The number of halogens is 6. The Labute approximate surface area is 128 Å². The van der Waals surface area contributed by atoms with Gasteiger partial charge in [-0.05, 0) is 46.3 Å². The van der Waals surface area contributed by atoms with E-state index in [9.17, 15) is 17.6 Å². The average molecular weight is 414 g/mol. The van der Waals surface area contributed by atoms with Crippen LogP contribution >= 0.6 is 31.9 Å². The average Bonchev–Trinajstić information content (AvgIpc) is 2.35. The molecule has 0 heterocycles. The van der Waals surface area contributed by atoms with Gasteiger partial charge >= 0.3 is 6.18 Å². The van der Waals surface area contributed by atoms with Gasteiger partial charge in [0.15, 0.2) is 0 Å². The minimum Gasteiger partial charge on any atom is -0.457 e. The molecule has 106 valence electrons. The number of rotatable bonds is 2. The maximum Gasteiger partial charge on any atom is 0.420 e. The van der Waals surface area contributed by atoms with Gasteiger partial charge in [0.05, 0.1) is 10.0 Å². The Morgan fingerprint density at radius 3 is 2.25 bits per heavy atom. The molecule has 0 atom stereocenters. The molecule has 7 heteroatoms. The van der Waals surface area contributed by atoms with Crippen molar-refractivity contribution in [2.45, 2.75) is 6.18 Å². The van der Waals surface area contributed by atoms with Gasteiger partial charge in [-0.1, -0.05) is 15.9 Å². The van der Waals surface area contributed by atoms with Crippen LogP contribution in [0.2, 0.25) is 0 Å². The maximum absolute atomic E-state index is 13.3. The van der Waals surface area contributed by atoms with Crippen molar-refractivity contribution in [2.75, 3.05) is 0 Å². The molecule has 0 aromatic heterocycles. The minimum absolute atomic E-state index is 0.0153. The molecule has 0 aliphatic rings. The van der Waals surface area contributed by atoms with E-state index in [4.69, 9.17) is 4.74 Å². The molecule has 2 rings (SSSR count). The number of hydrogen-bond donors (Lipinski definition) is 0. The molecule has 0 bridgehead atoms. The van der Waals surface area contributed by atoms with Crippen molar-refractivity contribution in [3.05, 3.63) is 56.7 Å². The standard InChI is InChI=1S/C13H6Br2F4O/c14-7-1-4-12(9(5-7)13(17,18)19)20-8-2-3-10(15)11(16)6-8/h1-6H. The zero-order chi connectivity index (χ0) is 14.9. The molecule has 0 radical (unpaired) electrons. The van der Waals surface area contributed by atoms with E-state index in [1.54, 1.807) is 0 Å². The predicted octanol–water partition coefficient (Wildman–Crippen LogP) is 6.16. The molecule has 2 aromatic carbocycles. The highest BCUT2D eigenvalue weighted by atomic mass is 79.9. The molecule has 0 aliphatic carbocycles. The fourth-order valence-electron chi connectivity index (χ4n) is 1.48. The highest BCUT2D eigenvalue weighted by Crippen LogP contribution is 2.39. The van der Waals surface area contributed by atoms with Crippen LogP contribution in [0.3, 0.4) is 0 Å². The first-order valence-electron chi connectivity index (χ1n) is 5.27. The molecule has 1 nitrogen and oxygen atoms in total. The lowest BCUT2D eigenvalue weighted by atomic mass is 10.2. The highest BCUT2D eigenvalue weighted by Gasteiger charge is 2.34. The third-order valence-electron chi connectivity index (χ3n) is 2.37. The van der Waals surface area contributed by atoms with E-state index in [2.05, 4.69) is 31.9 Å². The molecule has 2 aromatic rings. The lowest BCUT2D eigenvalue weighted by Crippen LogP contribution is -2.07. The molecular formula is C13H6Br2F4O. The largest absolute Gasteiger partial charge is 0.457 e. The normalized spacial score (nSPS) is 11.5. The van der Waals surface area contributed by atoms with E-state index >= 15 is 0 Å². The number of benzene rings is 2. The smallest absolute Gasteiger partial charge is 0.420 e. The molecule has 20 heavy (non-hydrogen) atoms. The Kier molecular flexibility index (Phi) is 4.39. The Hall–Kier alpha value is -1.08. The van der Waals surface area contributed by atoms with E-state index in [-0.39, 0.29) is 20.4 Å². The monoisotopic (exact) mass is 412 g/mol. The molecule has 0 fully saturated rings. The Balaban J connectivity index is 2.40. The SMILES string of the molecule is Fc1cc(Oc2ccc(Br)cc2C(F)(F)F)ccc1Br. The Morgan fingerprint density at radius 2 is 1.65 bits per heavy atom. The van der Waals surface area contributed by atoms with Crippen molar-refractivity contribution in [1.82, 2.24) is 0 Å². The Bertz CT molecular complexity index is 641. The van der Waals surface area contributed by atoms with Gasteiger partial charge in [-0.15, -0.1) is 0 Å². The summed E-state index contributed by atoms with van der Waals surface area (Å²) in [4.78, 5) is 0. The molecule has 0 spiro atoms. The summed E-state index contributed by atoms with van der Waals surface area (Å²) in [7, 11) is 0. The number of alkyl halides is 3. The molecule has 0 saturated carbocycles. The van der Waals surface area contributed by atoms with Crippen molar-refractivity contribution in [3.8, 4) is 11.5 Å². The van der Waals surface area contributed by atoms with Gasteiger partial charge in [-0.25, -0.2) is 4.39 Å². The minimum atomic E-state index is -4.56. The van der Waals surface area contributed by atoms with Crippen LogP contribution in [0.1, 0.15) is 5.56 Å². The van der Waals surface area contributed by atoms with E-state index in [1.165, 1.54) is 24.3 Å². The van der Waals surface area contributed by atoms with Crippen molar-refractivity contribution in [2.24, 2.45) is 0 Å². The number of hydrogen-bond acceptors (Lipinski definition) is 1. The lowest BCUT2D eigenvalue weighted by Gasteiger charge is -2.14. The Morgan fingerprint density at radius 1 is 0.950 bits per heavy atom. The van der Waals surface area contributed by atoms with Crippen LogP contribution in [0, 0.1) is 5.82 Å². The van der Waals surface area contributed by atoms with Gasteiger partial charge in [0.1, 0.15) is 17.3 Å². The molecule has 0 amide bonds. The fourth-order valence-corrected chi connectivity index (χ4v) is 2.09. The summed E-state index contributed by atoms with van der Waals surface area (Å²) in [6, 6.07) is 7.23. The second-order valence-electron chi connectivity index (χ2n) is 3.82. The predicted molar refractivity (Wildman–Crippen MR) is 73.3 cm³/mol. The van der Waals surface area contributed by atoms with Crippen molar-refractivity contribution in [1.29, 1.82) is 0 Å². The van der Waals surface area contributed by atoms with Crippen LogP contribution in [-0.4, -0.2) is 0 Å². The molecule has 0 unspecified atom stereocenters. The van der Waals surface area contributed by atoms with Gasteiger partial charge in [0.25, 0.3) is 0 Å². The first kappa shape index (κ1) is 15.3. The van der Waals surface area contributed by atoms with Crippen molar-refractivity contribution in [3.63, 3.8) is 0 Å². The topological polar surface area (TPSA) is 9.23 Å². The van der Waals surface area contributed by atoms with Crippen LogP contribution < -0.4 is 4.74 Å². The molecule has 0 saturated heterocycles. The quantitative estimate of drug-likeness (QED) is 0.535. The number of ether oxygens (including phenoxy) is 1. The summed E-state index contributed by atoms with van der Waals surface area (Å²) < 4.78 is 57.6. The van der Waals surface area contributed by atoms with E-state index in [1.807, 2.05) is 0 Å². The van der Waals surface area contributed by atoms with E-state index in [0.717, 1.165) is 12.1 Å². The van der Waals surface area contributed by atoms with E-state index < -0.39 is 17.6 Å². The van der Waals surface area contributed by atoms with Gasteiger partial charge in [0, 0.05) is 10.5 Å². The van der Waals surface area contributed by atoms with Gasteiger partial charge < -0.3 is 4.74 Å². The highest BCUT2D eigenvalue weighted by molar-refractivity contribution is 9.10.